The molecule has 0 atom stereocenters. The molecule has 6 heteroatoms. The summed E-state index contributed by atoms with van der Waals surface area (Å²) in [5.41, 5.74) is 11.7. The van der Waals surface area contributed by atoms with Gasteiger partial charge in [0, 0.05) is 12.4 Å². The zero-order valence-corrected chi connectivity index (χ0v) is 8.12. The van der Waals surface area contributed by atoms with E-state index in [0.29, 0.717) is 16.7 Å². The first-order chi connectivity index (χ1) is 6.18. The first-order valence-electron chi connectivity index (χ1n) is 3.50. The van der Waals surface area contributed by atoms with Gasteiger partial charge in [0.2, 0.25) is 5.95 Å². The van der Waals surface area contributed by atoms with Gasteiger partial charge in [-0.2, -0.15) is 0 Å². The van der Waals surface area contributed by atoms with Gasteiger partial charge in [-0.1, -0.05) is 0 Å². The van der Waals surface area contributed by atoms with E-state index in [-0.39, 0.29) is 5.95 Å². The third-order valence-electron chi connectivity index (χ3n) is 1.63. The zero-order valence-electron chi connectivity index (χ0n) is 6.53. The van der Waals surface area contributed by atoms with E-state index in [1.165, 1.54) is 0 Å². The summed E-state index contributed by atoms with van der Waals surface area (Å²) in [5.74, 6) is 0.622. The van der Waals surface area contributed by atoms with Crippen molar-refractivity contribution < 1.29 is 0 Å². The average Bonchev–Trinajstić information content (AvgIpc) is 2.12. The zero-order chi connectivity index (χ0) is 9.42. The Balaban J connectivity index is 2.92. The molecule has 0 unspecified atom stereocenters. The number of nitrogen functional groups attached to an aromatic ring is 2. The first kappa shape index (κ1) is 8.18. The summed E-state index contributed by atoms with van der Waals surface area (Å²) in [7, 11) is 0. The molecule has 0 aliphatic carbocycles. The molecule has 0 aliphatic heterocycles. The smallest absolute Gasteiger partial charge is 0.220 e. The lowest BCUT2D eigenvalue weighted by atomic mass is 10.3. The lowest BCUT2D eigenvalue weighted by Crippen LogP contribution is -1.98. The number of halogens is 1. The Morgan fingerprint density at radius 2 is 1.92 bits per heavy atom. The molecule has 0 aromatic carbocycles. The topological polar surface area (TPSA) is 90.7 Å². The van der Waals surface area contributed by atoms with E-state index in [1.54, 1.807) is 12.4 Å². The average molecular weight is 240 g/mol. The summed E-state index contributed by atoms with van der Waals surface area (Å²) in [6.45, 7) is 0. The Hall–Kier alpha value is -1.43. The summed E-state index contributed by atoms with van der Waals surface area (Å²) in [6, 6.07) is 0. The van der Waals surface area contributed by atoms with E-state index in [0.717, 1.165) is 4.47 Å². The highest BCUT2D eigenvalue weighted by atomic mass is 79.9. The molecule has 0 amide bonds. The van der Waals surface area contributed by atoms with Crippen LogP contribution in [0.3, 0.4) is 0 Å². The number of rotatable bonds is 0. The van der Waals surface area contributed by atoms with Gasteiger partial charge >= 0.3 is 0 Å². The molecule has 2 heterocycles. The Kier molecular flexibility index (Phi) is 1.77. The Bertz CT molecular complexity index is 470. The van der Waals surface area contributed by atoms with E-state index >= 15 is 0 Å². The fraction of sp³-hybridized carbons (Fsp3) is 0. The summed E-state index contributed by atoms with van der Waals surface area (Å²) >= 11 is 3.30. The van der Waals surface area contributed by atoms with E-state index in [1.807, 2.05) is 0 Å². The molecule has 4 N–H and O–H groups in total. The predicted molar refractivity (Wildman–Crippen MR) is 53.9 cm³/mol. The SMILES string of the molecule is Nc1ncc2c(N)ncc(Br)c2n1. The molecule has 2 rings (SSSR count). The van der Waals surface area contributed by atoms with Gasteiger partial charge in [0.15, 0.2) is 0 Å². The number of anilines is 2. The van der Waals surface area contributed by atoms with Crippen LogP contribution in [0.15, 0.2) is 16.9 Å². The van der Waals surface area contributed by atoms with Gasteiger partial charge < -0.3 is 11.5 Å². The van der Waals surface area contributed by atoms with Crippen molar-refractivity contribution in [3.05, 3.63) is 16.9 Å². The minimum atomic E-state index is 0.221. The van der Waals surface area contributed by atoms with Gasteiger partial charge in [0.05, 0.1) is 15.4 Å². The monoisotopic (exact) mass is 239 g/mol. The second kappa shape index (κ2) is 2.81. The lowest BCUT2D eigenvalue weighted by Gasteiger charge is -2.01. The summed E-state index contributed by atoms with van der Waals surface area (Å²) < 4.78 is 0.755. The highest BCUT2D eigenvalue weighted by Gasteiger charge is 2.05. The maximum absolute atomic E-state index is 5.62. The number of nitrogens with zero attached hydrogens (tertiary/aromatic N) is 3. The van der Waals surface area contributed by atoms with Crippen LogP contribution >= 0.6 is 15.9 Å². The second-order valence-corrected chi connectivity index (χ2v) is 3.34. The standard InChI is InChI=1S/C7H6BrN5/c8-4-2-11-6(9)3-1-12-7(10)13-5(3)4/h1-2H,(H2,9,11)(H2,10,12,13). The number of aromatic nitrogens is 3. The first-order valence-corrected chi connectivity index (χ1v) is 4.30. The van der Waals surface area contributed by atoms with Crippen molar-refractivity contribution in [2.75, 3.05) is 11.5 Å². The van der Waals surface area contributed by atoms with Crippen LogP contribution in [0.25, 0.3) is 10.9 Å². The Labute approximate surface area is 82.3 Å². The Morgan fingerprint density at radius 1 is 1.15 bits per heavy atom. The fourth-order valence-electron chi connectivity index (χ4n) is 1.02. The number of hydrogen-bond donors (Lipinski definition) is 2. The molecule has 0 aliphatic rings. The molecule has 0 radical (unpaired) electrons. The molecule has 2 aromatic rings. The maximum atomic E-state index is 5.62. The normalized spacial score (nSPS) is 10.5. The van der Waals surface area contributed by atoms with Gasteiger partial charge in [-0.25, -0.2) is 15.0 Å². The molecule has 0 bridgehead atoms. The van der Waals surface area contributed by atoms with Crippen LogP contribution in [0.2, 0.25) is 0 Å². The van der Waals surface area contributed by atoms with Crippen molar-refractivity contribution in [2.24, 2.45) is 0 Å². The minimum absolute atomic E-state index is 0.221. The number of nitrogens with two attached hydrogens (primary N) is 2. The molecular formula is C7H6BrN5. The molecule has 0 spiro atoms. The third kappa shape index (κ3) is 1.29. The molecule has 0 saturated heterocycles. The van der Waals surface area contributed by atoms with Crippen LogP contribution in [-0.2, 0) is 0 Å². The number of hydrogen-bond acceptors (Lipinski definition) is 5. The van der Waals surface area contributed by atoms with Crippen LogP contribution < -0.4 is 11.5 Å². The highest BCUT2D eigenvalue weighted by molar-refractivity contribution is 9.10. The maximum Gasteiger partial charge on any atom is 0.220 e. The fourth-order valence-corrected chi connectivity index (χ4v) is 1.43. The molecule has 0 saturated carbocycles. The van der Waals surface area contributed by atoms with Gasteiger partial charge in [-0.3, -0.25) is 0 Å². The van der Waals surface area contributed by atoms with Gasteiger partial charge in [-0.15, -0.1) is 0 Å². The lowest BCUT2D eigenvalue weighted by molar-refractivity contribution is 1.22. The van der Waals surface area contributed by atoms with Crippen LogP contribution in [0.4, 0.5) is 11.8 Å². The predicted octanol–water partition coefficient (Wildman–Crippen LogP) is 0.952. The molecular weight excluding hydrogens is 234 g/mol. The minimum Gasteiger partial charge on any atom is -0.383 e. The van der Waals surface area contributed by atoms with Crippen molar-refractivity contribution in [1.82, 2.24) is 15.0 Å². The Morgan fingerprint density at radius 3 is 2.69 bits per heavy atom. The summed E-state index contributed by atoms with van der Waals surface area (Å²) in [4.78, 5) is 11.8. The quantitative estimate of drug-likeness (QED) is 0.715. The van der Waals surface area contributed by atoms with Crippen molar-refractivity contribution >= 4 is 38.6 Å². The van der Waals surface area contributed by atoms with Crippen molar-refractivity contribution in [2.45, 2.75) is 0 Å². The third-order valence-corrected chi connectivity index (χ3v) is 2.21. The number of pyridine rings is 1. The van der Waals surface area contributed by atoms with Gasteiger partial charge in [0.25, 0.3) is 0 Å². The van der Waals surface area contributed by atoms with E-state index in [2.05, 4.69) is 30.9 Å². The van der Waals surface area contributed by atoms with E-state index in [4.69, 9.17) is 11.5 Å². The molecule has 0 fully saturated rings. The van der Waals surface area contributed by atoms with Gasteiger partial charge in [0.1, 0.15) is 5.82 Å². The van der Waals surface area contributed by atoms with E-state index in [9.17, 15) is 0 Å². The molecule has 66 valence electrons. The van der Waals surface area contributed by atoms with Crippen LogP contribution in [0.5, 0.6) is 0 Å². The van der Waals surface area contributed by atoms with Crippen LogP contribution in [0, 0.1) is 0 Å². The molecule has 5 nitrogen and oxygen atoms in total. The van der Waals surface area contributed by atoms with E-state index < -0.39 is 0 Å². The highest BCUT2D eigenvalue weighted by Crippen LogP contribution is 2.24. The molecule has 13 heavy (non-hydrogen) atoms. The summed E-state index contributed by atoms with van der Waals surface area (Å²) in [6.07, 6.45) is 3.15. The summed E-state index contributed by atoms with van der Waals surface area (Å²) in [5, 5.41) is 0.698. The number of fused-ring (bicyclic) bond motifs is 1. The van der Waals surface area contributed by atoms with Crippen molar-refractivity contribution in [3.63, 3.8) is 0 Å². The van der Waals surface area contributed by atoms with Crippen molar-refractivity contribution in [3.8, 4) is 0 Å². The second-order valence-electron chi connectivity index (χ2n) is 2.48. The largest absolute Gasteiger partial charge is 0.383 e. The van der Waals surface area contributed by atoms with Crippen LogP contribution in [-0.4, -0.2) is 15.0 Å². The van der Waals surface area contributed by atoms with Gasteiger partial charge in [-0.05, 0) is 15.9 Å². The molecule has 2 aromatic heterocycles. The van der Waals surface area contributed by atoms with Crippen molar-refractivity contribution in [1.29, 1.82) is 0 Å². The van der Waals surface area contributed by atoms with Crippen LogP contribution in [0.1, 0.15) is 0 Å².